The van der Waals surface area contributed by atoms with Crippen molar-refractivity contribution in [1.82, 2.24) is 10.2 Å². The highest BCUT2D eigenvalue weighted by atomic mass is 16.5. The lowest BCUT2D eigenvalue weighted by molar-refractivity contribution is -0.0256. The zero-order valence-corrected chi connectivity index (χ0v) is 12.2. The van der Waals surface area contributed by atoms with Gasteiger partial charge in [0.05, 0.1) is 12.7 Å². The van der Waals surface area contributed by atoms with Gasteiger partial charge in [-0.05, 0) is 37.8 Å². The Morgan fingerprint density at radius 3 is 2.67 bits per heavy atom. The average Bonchev–Trinajstić information content (AvgIpc) is 2.41. The largest absolute Gasteiger partial charge is 0.374 e. The van der Waals surface area contributed by atoms with E-state index in [1.807, 2.05) is 0 Å². The first-order valence-electron chi connectivity index (χ1n) is 7.82. The van der Waals surface area contributed by atoms with Crippen LogP contribution in [0.1, 0.15) is 39.5 Å². The van der Waals surface area contributed by atoms with Crippen LogP contribution in [0, 0.1) is 11.8 Å². The van der Waals surface area contributed by atoms with E-state index in [4.69, 9.17) is 4.74 Å². The summed E-state index contributed by atoms with van der Waals surface area (Å²) in [5, 5.41) is 3.63. The van der Waals surface area contributed by atoms with Gasteiger partial charge < -0.3 is 10.1 Å². The van der Waals surface area contributed by atoms with Crippen LogP contribution < -0.4 is 5.32 Å². The molecule has 1 unspecified atom stereocenters. The molecule has 18 heavy (non-hydrogen) atoms. The van der Waals surface area contributed by atoms with Gasteiger partial charge in [-0.3, -0.25) is 4.90 Å². The van der Waals surface area contributed by atoms with Gasteiger partial charge in [0.25, 0.3) is 0 Å². The van der Waals surface area contributed by atoms with Crippen molar-refractivity contribution in [2.75, 3.05) is 39.3 Å². The SMILES string of the molecule is CCN1CCOC(CNCC2CCC(C)CC2)C1. The molecule has 0 amide bonds. The molecule has 3 nitrogen and oxygen atoms in total. The smallest absolute Gasteiger partial charge is 0.0826 e. The van der Waals surface area contributed by atoms with E-state index in [-0.39, 0.29) is 0 Å². The Kier molecular flexibility index (Phi) is 5.93. The van der Waals surface area contributed by atoms with E-state index < -0.39 is 0 Å². The van der Waals surface area contributed by atoms with Crippen molar-refractivity contribution in [2.45, 2.75) is 45.6 Å². The van der Waals surface area contributed by atoms with Gasteiger partial charge in [0.1, 0.15) is 0 Å². The van der Waals surface area contributed by atoms with Gasteiger partial charge in [-0.25, -0.2) is 0 Å². The molecule has 0 aromatic carbocycles. The standard InChI is InChI=1S/C15H30N2O/c1-3-17-8-9-18-15(12-17)11-16-10-14-6-4-13(2)5-7-14/h13-16H,3-12H2,1-2H3. The van der Waals surface area contributed by atoms with Gasteiger partial charge >= 0.3 is 0 Å². The van der Waals surface area contributed by atoms with Crippen LogP contribution in [-0.4, -0.2) is 50.3 Å². The lowest BCUT2D eigenvalue weighted by Gasteiger charge is -2.33. The van der Waals surface area contributed by atoms with Gasteiger partial charge in [0, 0.05) is 19.6 Å². The second-order valence-electron chi connectivity index (χ2n) is 6.17. The zero-order chi connectivity index (χ0) is 12.8. The van der Waals surface area contributed by atoms with Crippen LogP contribution in [0.2, 0.25) is 0 Å². The Labute approximate surface area is 112 Å². The maximum Gasteiger partial charge on any atom is 0.0826 e. The number of nitrogens with zero attached hydrogens (tertiary/aromatic N) is 1. The van der Waals surface area contributed by atoms with Crippen LogP contribution in [-0.2, 0) is 4.74 Å². The van der Waals surface area contributed by atoms with Gasteiger partial charge in [-0.1, -0.05) is 26.7 Å². The van der Waals surface area contributed by atoms with E-state index in [9.17, 15) is 0 Å². The van der Waals surface area contributed by atoms with Crippen LogP contribution in [0.15, 0.2) is 0 Å². The van der Waals surface area contributed by atoms with Gasteiger partial charge in [0.15, 0.2) is 0 Å². The van der Waals surface area contributed by atoms with E-state index in [1.165, 1.54) is 32.2 Å². The molecular formula is C15H30N2O. The van der Waals surface area contributed by atoms with E-state index in [1.54, 1.807) is 0 Å². The van der Waals surface area contributed by atoms with Gasteiger partial charge in [-0.2, -0.15) is 0 Å². The Morgan fingerprint density at radius 1 is 1.17 bits per heavy atom. The molecule has 1 atom stereocenters. The Hall–Kier alpha value is -0.120. The first-order chi connectivity index (χ1) is 8.78. The summed E-state index contributed by atoms with van der Waals surface area (Å²) in [5.41, 5.74) is 0. The summed E-state index contributed by atoms with van der Waals surface area (Å²) in [6.45, 7) is 11.1. The number of morpholine rings is 1. The monoisotopic (exact) mass is 254 g/mol. The minimum atomic E-state index is 0.404. The summed E-state index contributed by atoms with van der Waals surface area (Å²) in [6, 6.07) is 0. The predicted molar refractivity (Wildman–Crippen MR) is 75.8 cm³/mol. The molecule has 106 valence electrons. The fourth-order valence-corrected chi connectivity index (χ4v) is 3.17. The Morgan fingerprint density at radius 2 is 1.94 bits per heavy atom. The molecule has 1 aliphatic heterocycles. The van der Waals surface area contributed by atoms with Crippen LogP contribution >= 0.6 is 0 Å². The second-order valence-corrected chi connectivity index (χ2v) is 6.17. The Balaban J connectivity index is 1.57. The first-order valence-corrected chi connectivity index (χ1v) is 7.82. The molecule has 2 rings (SSSR count). The molecule has 0 aromatic rings. The van der Waals surface area contributed by atoms with Crippen LogP contribution in [0.25, 0.3) is 0 Å². The maximum absolute atomic E-state index is 5.81. The molecule has 2 aliphatic rings. The first kappa shape index (κ1) is 14.3. The normalized spacial score (nSPS) is 34.7. The molecule has 0 radical (unpaired) electrons. The summed E-state index contributed by atoms with van der Waals surface area (Å²) in [5.74, 6) is 1.87. The van der Waals surface area contributed by atoms with E-state index in [2.05, 4.69) is 24.1 Å². The van der Waals surface area contributed by atoms with Crippen molar-refractivity contribution in [1.29, 1.82) is 0 Å². The average molecular weight is 254 g/mol. The molecule has 0 aromatic heterocycles. The quantitative estimate of drug-likeness (QED) is 0.813. The molecular weight excluding hydrogens is 224 g/mol. The maximum atomic E-state index is 5.81. The van der Waals surface area contributed by atoms with Crippen molar-refractivity contribution < 1.29 is 4.74 Å². The highest BCUT2D eigenvalue weighted by Crippen LogP contribution is 2.27. The fourth-order valence-electron chi connectivity index (χ4n) is 3.17. The molecule has 1 N–H and O–H groups in total. The fraction of sp³-hybridized carbons (Fsp3) is 1.00. The Bertz CT molecular complexity index is 227. The molecule has 1 saturated carbocycles. The highest BCUT2D eigenvalue weighted by molar-refractivity contribution is 4.75. The third-order valence-corrected chi connectivity index (χ3v) is 4.61. The minimum Gasteiger partial charge on any atom is -0.374 e. The van der Waals surface area contributed by atoms with E-state index in [0.717, 1.165) is 44.6 Å². The molecule has 3 heteroatoms. The topological polar surface area (TPSA) is 24.5 Å². The minimum absolute atomic E-state index is 0.404. The van der Waals surface area contributed by atoms with Crippen molar-refractivity contribution in [3.8, 4) is 0 Å². The molecule has 1 aliphatic carbocycles. The lowest BCUT2D eigenvalue weighted by Crippen LogP contribution is -2.47. The predicted octanol–water partition coefficient (Wildman–Crippen LogP) is 2.12. The molecule has 0 bridgehead atoms. The number of hydrogen-bond donors (Lipinski definition) is 1. The van der Waals surface area contributed by atoms with E-state index in [0.29, 0.717) is 6.10 Å². The zero-order valence-electron chi connectivity index (χ0n) is 12.2. The number of rotatable bonds is 5. The summed E-state index contributed by atoms with van der Waals surface area (Å²) in [4.78, 5) is 2.48. The van der Waals surface area contributed by atoms with Crippen LogP contribution in [0.5, 0.6) is 0 Å². The second kappa shape index (κ2) is 7.46. The number of ether oxygens (including phenoxy) is 1. The third kappa shape index (κ3) is 4.52. The summed E-state index contributed by atoms with van der Waals surface area (Å²) in [6.07, 6.45) is 6.09. The van der Waals surface area contributed by atoms with Crippen molar-refractivity contribution >= 4 is 0 Å². The number of hydrogen-bond acceptors (Lipinski definition) is 3. The molecule has 1 heterocycles. The third-order valence-electron chi connectivity index (χ3n) is 4.61. The van der Waals surface area contributed by atoms with Gasteiger partial charge in [0.2, 0.25) is 0 Å². The molecule has 2 fully saturated rings. The number of likely N-dealkylation sites (N-methyl/N-ethyl adjacent to an activating group) is 1. The molecule has 1 saturated heterocycles. The van der Waals surface area contributed by atoms with Crippen molar-refractivity contribution in [3.05, 3.63) is 0 Å². The van der Waals surface area contributed by atoms with E-state index >= 15 is 0 Å². The summed E-state index contributed by atoms with van der Waals surface area (Å²) in [7, 11) is 0. The van der Waals surface area contributed by atoms with Crippen LogP contribution in [0.4, 0.5) is 0 Å². The summed E-state index contributed by atoms with van der Waals surface area (Å²) < 4.78 is 5.81. The number of nitrogens with one attached hydrogen (secondary N) is 1. The van der Waals surface area contributed by atoms with Gasteiger partial charge in [-0.15, -0.1) is 0 Å². The highest BCUT2D eigenvalue weighted by Gasteiger charge is 2.21. The van der Waals surface area contributed by atoms with Crippen molar-refractivity contribution in [3.63, 3.8) is 0 Å². The van der Waals surface area contributed by atoms with Crippen LogP contribution in [0.3, 0.4) is 0 Å². The summed E-state index contributed by atoms with van der Waals surface area (Å²) >= 11 is 0. The van der Waals surface area contributed by atoms with Crippen molar-refractivity contribution in [2.24, 2.45) is 11.8 Å². The molecule has 0 spiro atoms. The lowest BCUT2D eigenvalue weighted by atomic mass is 9.83.